The van der Waals surface area contributed by atoms with Gasteiger partial charge < -0.3 is 14.6 Å². The van der Waals surface area contributed by atoms with Crippen LogP contribution >= 0.6 is 11.3 Å². The van der Waals surface area contributed by atoms with Crippen molar-refractivity contribution in [1.82, 2.24) is 10.2 Å². The zero-order valence-electron chi connectivity index (χ0n) is 8.27. The summed E-state index contributed by atoms with van der Waals surface area (Å²) in [5.74, 6) is 0. The molecule has 1 N–H and O–H groups in total. The minimum absolute atomic E-state index is 0.0468. The number of aliphatic hydroxyl groups excluding tert-OH is 1. The summed E-state index contributed by atoms with van der Waals surface area (Å²) in [5, 5.41) is 17.3. The fourth-order valence-corrected chi connectivity index (χ4v) is 1.48. The van der Waals surface area contributed by atoms with E-state index in [1.165, 1.54) is 11.3 Å². The van der Waals surface area contributed by atoms with Gasteiger partial charge in [0, 0.05) is 6.61 Å². The zero-order valence-corrected chi connectivity index (χ0v) is 9.08. The van der Waals surface area contributed by atoms with E-state index in [4.69, 9.17) is 14.6 Å². The molecule has 0 amide bonds. The topological polar surface area (TPSA) is 64.5 Å². The van der Waals surface area contributed by atoms with Crippen molar-refractivity contribution in [3.05, 3.63) is 5.01 Å². The van der Waals surface area contributed by atoms with Gasteiger partial charge in [0.1, 0.15) is 11.1 Å². The van der Waals surface area contributed by atoms with Crippen LogP contribution in [0.25, 0.3) is 0 Å². The molecule has 0 aliphatic heterocycles. The van der Waals surface area contributed by atoms with E-state index in [-0.39, 0.29) is 12.7 Å². The van der Waals surface area contributed by atoms with Gasteiger partial charge >= 0.3 is 0 Å². The second kappa shape index (κ2) is 5.90. The summed E-state index contributed by atoms with van der Waals surface area (Å²) in [5.41, 5.74) is 0. The number of rotatable bonds is 6. The third-order valence-electron chi connectivity index (χ3n) is 1.44. The molecule has 0 saturated carbocycles. The van der Waals surface area contributed by atoms with Gasteiger partial charge in [0.25, 0.3) is 5.19 Å². The number of aliphatic hydroxyl groups is 1. The Morgan fingerprint density at radius 2 is 2.29 bits per heavy atom. The standard InChI is InChI=1S/C8H14N2O3S/c1-3-12-5-6(2)13-8-10-9-7(4-11)14-8/h6,11H,3-5H2,1-2H3. The summed E-state index contributed by atoms with van der Waals surface area (Å²) in [6.45, 7) is 4.94. The number of hydrogen-bond acceptors (Lipinski definition) is 6. The molecule has 0 fully saturated rings. The quantitative estimate of drug-likeness (QED) is 0.766. The lowest BCUT2D eigenvalue weighted by atomic mass is 10.4. The maximum atomic E-state index is 8.75. The summed E-state index contributed by atoms with van der Waals surface area (Å²) in [4.78, 5) is 0. The highest BCUT2D eigenvalue weighted by Crippen LogP contribution is 2.18. The molecule has 0 aromatic carbocycles. The van der Waals surface area contributed by atoms with Gasteiger partial charge in [-0.1, -0.05) is 16.4 Å². The summed E-state index contributed by atoms with van der Waals surface area (Å²) in [7, 11) is 0. The predicted octanol–water partition coefficient (Wildman–Crippen LogP) is 0.834. The highest BCUT2D eigenvalue weighted by molar-refractivity contribution is 7.13. The fraction of sp³-hybridized carbons (Fsp3) is 0.750. The predicted molar refractivity (Wildman–Crippen MR) is 52.4 cm³/mol. The van der Waals surface area contributed by atoms with Gasteiger partial charge in [0.15, 0.2) is 0 Å². The van der Waals surface area contributed by atoms with E-state index in [2.05, 4.69) is 10.2 Å². The molecule has 1 aromatic rings. The Morgan fingerprint density at radius 3 is 2.86 bits per heavy atom. The van der Waals surface area contributed by atoms with Crippen molar-refractivity contribution in [1.29, 1.82) is 0 Å². The lowest BCUT2D eigenvalue weighted by molar-refractivity contribution is 0.0652. The van der Waals surface area contributed by atoms with Gasteiger partial charge in [-0.3, -0.25) is 0 Å². The minimum atomic E-state index is -0.0964. The van der Waals surface area contributed by atoms with Gasteiger partial charge in [0.2, 0.25) is 0 Å². The van der Waals surface area contributed by atoms with Crippen LogP contribution in [0.1, 0.15) is 18.9 Å². The molecule has 0 aliphatic carbocycles. The second-order valence-corrected chi connectivity index (χ2v) is 3.73. The zero-order chi connectivity index (χ0) is 10.4. The molecule has 1 unspecified atom stereocenters. The lowest BCUT2D eigenvalue weighted by Gasteiger charge is -2.10. The van der Waals surface area contributed by atoms with Gasteiger partial charge in [-0.05, 0) is 13.8 Å². The van der Waals surface area contributed by atoms with Crippen LogP contribution in [0.5, 0.6) is 5.19 Å². The number of aromatic nitrogens is 2. The molecule has 0 bridgehead atoms. The molecule has 1 atom stereocenters. The third kappa shape index (κ3) is 3.57. The van der Waals surface area contributed by atoms with Crippen LogP contribution in [0.4, 0.5) is 0 Å². The van der Waals surface area contributed by atoms with Crippen molar-refractivity contribution in [3.63, 3.8) is 0 Å². The molecule has 6 heteroatoms. The molecule has 1 heterocycles. The van der Waals surface area contributed by atoms with E-state index in [0.29, 0.717) is 23.4 Å². The van der Waals surface area contributed by atoms with Crippen molar-refractivity contribution in [2.24, 2.45) is 0 Å². The van der Waals surface area contributed by atoms with Crippen LogP contribution in [0.3, 0.4) is 0 Å². The van der Waals surface area contributed by atoms with Crippen LogP contribution in [-0.4, -0.2) is 34.6 Å². The monoisotopic (exact) mass is 218 g/mol. The molecule has 1 rings (SSSR count). The van der Waals surface area contributed by atoms with E-state index in [1.807, 2.05) is 13.8 Å². The van der Waals surface area contributed by atoms with Crippen molar-refractivity contribution in [2.45, 2.75) is 26.6 Å². The minimum Gasteiger partial charge on any atom is -0.463 e. The maximum Gasteiger partial charge on any atom is 0.294 e. The summed E-state index contributed by atoms with van der Waals surface area (Å²) < 4.78 is 10.6. The smallest absolute Gasteiger partial charge is 0.294 e. The first kappa shape index (κ1) is 11.4. The number of ether oxygens (including phenoxy) is 2. The van der Waals surface area contributed by atoms with Gasteiger partial charge in [-0.2, -0.15) is 0 Å². The first-order chi connectivity index (χ1) is 6.76. The number of nitrogens with zero attached hydrogens (tertiary/aromatic N) is 2. The van der Waals surface area contributed by atoms with E-state index in [9.17, 15) is 0 Å². The Bertz CT molecular complexity index is 267. The Kier molecular flexibility index (Phi) is 4.78. The molecule has 14 heavy (non-hydrogen) atoms. The number of hydrogen-bond donors (Lipinski definition) is 1. The molecule has 0 saturated heterocycles. The lowest BCUT2D eigenvalue weighted by Crippen LogP contribution is -2.18. The first-order valence-electron chi connectivity index (χ1n) is 4.44. The molecule has 1 aromatic heterocycles. The van der Waals surface area contributed by atoms with Crippen LogP contribution < -0.4 is 4.74 Å². The highest BCUT2D eigenvalue weighted by atomic mass is 32.1. The summed E-state index contributed by atoms with van der Waals surface area (Å²) in [6.07, 6.45) is -0.0468. The molecular weight excluding hydrogens is 204 g/mol. The normalized spacial score (nSPS) is 12.8. The summed E-state index contributed by atoms with van der Waals surface area (Å²) in [6, 6.07) is 0. The second-order valence-electron chi connectivity index (χ2n) is 2.71. The fourth-order valence-electron chi connectivity index (χ4n) is 0.840. The molecular formula is C8H14N2O3S. The molecule has 0 radical (unpaired) electrons. The Balaban J connectivity index is 2.35. The van der Waals surface area contributed by atoms with E-state index in [0.717, 1.165) is 0 Å². The van der Waals surface area contributed by atoms with Crippen molar-refractivity contribution < 1.29 is 14.6 Å². The average molecular weight is 218 g/mol. The highest BCUT2D eigenvalue weighted by Gasteiger charge is 2.08. The van der Waals surface area contributed by atoms with Crippen molar-refractivity contribution in [2.75, 3.05) is 13.2 Å². The van der Waals surface area contributed by atoms with Gasteiger partial charge in [-0.25, -0.2) is 0 Å². The largest absolute Gasteiger partial charge is 0.463 e. The maximum absolute atomic E-state index is 8.75. The van der Waals surface area contributed by atoms with E-state index >= 15 is 0 Å². The SMILES string of the molecule is CCOCC(C)Oc1nnc(CO)s1. The van der Waals surface area contributed by atoms with Crippen molar-refractivity contribution in [3.8, 4) is 5.19 Å². The summed E-state index contributed by atoms with van der Waals surface area (Å²) >= 11 is 1.24. The van der Waals surface area contributed by atoms with Gasteiger partial charge in [-0.15, -0.1) is 5.10 Å². The average Bonchev–Trinajstić information content (AvgIpc) is 2.62. The van der Waals surface area contributed by atoms with Crippen LogP contribution in [-0.2, 0) is 11.3 Å². The van der Waals surface area contributed by atoms with Crippen LogP contribution in [0, 0.1) is 0 Å². The Hall–Kier alpha value is -0.720. The molecule has 80 valence electrons. The first-order valence-corrected chi connectivity index (χ1v) is 5.25. The van der Waals surface area contributed by atoms with Crippen LogP contribution in [0.15, 0.2) is 0 Å². The third-order valence-corrected chi connectivity index (χ3v) is 2.24. The molecule has 0 spiro atoms. The van der Waals surface area contributed by atoms with E-state index < -0.39 is 0 Å². The van der Waals surface area contributed by atoms with Crippen LogP contribution in [0.2, 0.25) is 0 Å². The molecule has 0 aliphatic rings. The van der Waals surface area contributed by atoms with Crippen molar-refractivity contribution >= 4 is 11.3 Å². The molecule has 5 nitrogen and oxygen atoms in total. The van der Waals surface area contributed by atoms with Gasteiger partial charge in [0.05, 0.1) is 13.2 Å². The van der Waals surface area contributed by atoms with E-state index in [1.54, 1.807) is 0 Å². The Morgan fingerprint density at radius 1 is 1.50 bits per heavy atom. The Labute approximate surface area is 86.7 Å².